The maximum Gasteiger partial charge on any atom is 0.225 e. The lowest BCUT2D eigenvalue weighted by molar-refractivity contribution is -0.136. The number of amides is 2. The molecule has 0 aromatic carbocycles. The molecule has 3 rings (SSSR count). The summed E-state index contributed by atoms with van der Waals surface area (Å²) in [7, 11) is 0. The van der Waals surface area contributed by atoms with Crippen LogP contribution < -0.4 is 5.32 Å². The van der Waals surface area contributed by atoms with Gasteiger partial charge in [-0.2, -0.15) is 0 Å². The molecule has 1 atom stereocenters. The number of aryl methyl sites for hydroxylation is 1. The number of carbonyl (C=O) groups is 2. The minimum absolute atomic E-state index is 0.0155. The Labute approximate surface area is 142 Å². The molecule has 0 spiro atoms. The maximum absolute atomic E-state index is 12.5. The van der Waals surface area contributed by atoms with Crippen molar-refractivity contribution in [2.45, 2.75) is 58.5 Å². The topological polar surface area (TPSA) is 80.1 Å². The molecule has 7 nitrogen and oxygen atoms in total. The molecule has 2 heterocycles. The van der Waals surface area contributed by atoms with E-state index in [9.17, 15) is 9.59 Å². The van der Waals surface area contributed by atoms with Gasteiger partial charge in [0.2, 0.25) is 11.8 Å². The second-order valence-corrected chi connectivity index (χ2v) is 6.99. The highest BCUT2D eigenvalue weighted by Gasteiger charge is 2.36. The van der Waals surface area contributed by atoms with Gasteiger partial charge in [-0.1, -0.05) is 6.92 Å². The summed E-state index contributed by atoms with van der Waals surface area (Å²) in [6.45, 7) is 6.30. The average Bonchev–Trinajstić information content (AvgIpc) is 3.34. The summed E-state index contributed by atoms with van der Waals surface area (Å²) < 4.78 is 1.99. The van der Waals surface area contributed by atoms with E-state index in [1.54, 1.807) is 6.33 Å². The van der Waals surface area contributed by atoms with Gasteiger partial charge in [-0.3, -0.25) is 9.59 Å². The van der Waals surface area contributed by atoms with Gasteiger partial charge in [0.05, 0.1) is 6.04 Å². The molecule has 1 aromatic heterocycles. The van der Waals surface area contributed by atoms with E-state index >= 15 is 0 Å². The lowest BCUT2D eigenvalue weighted by atomic mass is 9.95. The van der Waals surface area contributed by atoms with E-state index in [4.69, 9.17) is 0 Å². The van der Waals surface area contributed by atoms with E-state index < -0.39 is 0 Å². The number of rotatable bonds is 6. The molecule has 1 aromatic rings. The van der Waals surface area contributed by atoms with Crippen LogP contribution in [0.1, 0.15) is 57.8 Å². The summed E-state index contributed by atoms with van der Waals surface area (Å²) in [6, 6.07) is -0.155. The second-order valence-electron chi connectivity index (χ2n) is 6.99. The van der Waals surface area contributed by atoms with Gasteiger partial charge in [-0.25, -0.2) is 0 Å². The zero-order valence-corrected chi connectivity index (χ0v) is 14.6. The van der Waals surface area contributed by atoms with Crippen LogP contribution in [0.4, 0.5) is 0 Å². The summed E-state index contributed by atoms with van der Waals surface area (Å²) in [5, 5.41) is 11.2. The van der Waals surface area contributed by atoms with Gasteiger partial charge in [0.25, 0.3) is 0 Å². The second kappa shape index (κ2) is 7.32. The average molecular weight is 333 g/mol. The molecule has 0 bridgehead atoms. The molecule has 0 unspecified atom stereocenters. The van der Waals surface area contributed by atoms with Crippen molar-refractivity contribution in [1.82, 2.24) is 25.0 Å². The summed E-state index contributed by atoms with van der Waals surface area (Å²) in [6.07, 6.45) is 6.28. The summed E-state index contributed by atoms with van der Waals surface area (Å²) in [5.41, 5.74) is 0. The molecule has 1 N–H and O–H groups in total. The Morgan fingerprint density at radius 2 is 1.96 bits per heavy atom. The third kappa shape index (κ3) is 3.76. The number of piperidine rings is 1. The van der Waals surface area contributed by atoms with Crippen molar-refractivity contribution in [2.75, 3.05) is 13.1 Å². The van der Waals surface area contributed by atoms with Crippen LogP contribution in [0, 0.1) is 11.8 Å². The van der Waals surface area contributed by atoms with Crippen LogP contribution in [0.15, 0.2) is 6.33 Å². The van der Waals surface area contributed by atoms with Crippen LogP contribution in [-0.2, 0) is 16.1 Å². The van der Waals surface area contributed by atoms with E-state index in [2.05, 4.69) is 22.4 Å². The highest BCUT2D eigenvalue weighted by molar-refractivity contribution is 5.82. The van der Waals surface area contributed by atoms with Crippen molar-refractivity contribution < 1.29 is 9.59 Å². The molecular formula is C17H27N5O2. The first-order chi connectivity index (χ1) is 11.6. The van der Waals surface area contributed by atoms with Gasteiger partial charge in [0, 0.05) is 31.5 Å². The first-order valence-corrected chi connectivity index (χ1v) is 9.07. The fourth-order valence-corrected chi connectivity index (χ4v) is 3.36. The van der Waals surface area contributed by atoms with Crippen LogP contribution in [0.5, 0.6) is 0 Å². The molecule has 1 saturated carbocycles. The van der Waals surface area contributed by atoms with Gasteiger partial charge in [-0.15, -0.1) is 10.2 Å². The molecular weight excluding hydrogens is 306 g/mol. The predicted molar refractivity (Wildman–Crippen MR) is 88.9 cm³/mol. The molecule has 0 radical (unpaired) electrons. The van der Waals surface area contributed by atoms with Gasteiger partial charge in [0.1, 0.15) is 6.33 Å². The highest BCUT2D eigenvalue weighted by Crippen LogP contribution is 2.32. The van der Waals surface area contributed by atoms with E-state index in [-0.39, 0.29) is 29.7 Å². The van der Waals surface area contributed by atoms with Gasteiger partial charge in [-0.05, 0) is 39.0 Å². The van der Waals surface area contributed by atoms with Gasteiger partial charge >= 0.3 is 0 Å². The normalized spacial score (nSPS) is 20.0. The number of likely N-dealkylation sites (tertiary alicyclic amines) is 1. The number of nitrogens with zero attached hydrogens (tertiary/aromatic N) is 4. The predicted octanol–water partition coefficient (Wildman–Crippen LogP) is 1.51. The third-order valence-electron chi connectivity index (χ3n) is 4.96. The van der Waals surface area contributed by atoms with Gasteiger partial charge < -0.3 is 14.8 Å². The molecule has 7 heteroatoms. The first kappa shape index (κ1) is 16.9. The molecule has 1 aliphatic heterocycles. The molecule has 1 aliphatic carbocycles. The number of hydrogen-bond donors (Lipinski definition) is 1. The number of nitrogens with one attached hydrogen (secondary N) is 1. The van der Waals surface area contributed by atoms with E-state index in [1.807, 2.05) is 16.4 Å². The third-order valence-corrected chi connectivity index (χ3v) is 4.96. The van der Waals surface area contributed by atoms with Crippen LogP contribution in [0.25, 0.3) is 0 Å². The van der Waals surface area contributed by atoms with Crippen molar-refractivity contribution in [2.24, 2.45) is 11.8 Å². The number of carbonyl (C=O) groups excluding carboxylic acids is 2. The lowest BCUT2D eigenvalue weighted by Gasteiger charge is -2.32. The molecule has 1 saturated heterocycles. The van der Waals surface area contributed by atoms with Crippen LogP contribution >= 0.6 is 0 Å². The van der Waals surface area contributed by atoms with Crippen LogP contribution in [0.2, 0.25) is 0 Å². The standard InChI is InChI=1S/C17H27N5O2/c1-3-8-22-11-18-20-15(22)12(2)19-16(23)13-6-9-21(10-7-13)17(24)14-4-5-14/h11-14H,3-10H2,1-2H3,(H,19,23)/t12-/m1/s1. The van der Waals surface area contributed by atoms with Crippen molar-refractivity contribution in [3.63, 3.8) is 0 Å². The zero-order valence-electron chi connectivity index (χ0n) is 14.6. The quantitative estimate of drug-likeness (QED) is 0.856. The zero-order chi connectivity index (χ0) is 17.1. The molecule has 2 amide bonds. The maximum atomic E-state index is 12.5. The van der Waals surface area contributed by atoms with Gasteiger partial charge in [0.15, 0.2) is 5.82 Å². The minimum atomic E-state index is -0.155. The minimum Gasteiger partial charge on any atom is -0.346 e. The summed E-state index contributed by atoms with van der Waals surface area (Å²) >= 11 is 0. The molecule has 24 heavy (non-hydrogen) atoms. The van der Waals surface area contributed by atoms with Crippen molar-refractivity contribution in [3.8, 4) is 0 Å². The Hall–Kier alpha value is -1.92. The van der Waals surface area contributed by atoms with E-state index in [0.717, 1.165) is 44.5 Å². The lowest BCUT2D eigenvalue weighted by Crippen LogP contribution is -2.44. The molecule has 2 aliphatic rings. The van der Waals surface area contributed by atoms with E-state index in [1.165, 1.54) is 0 Å². The van der Waals surface area contributed by atoms with Crippen LogP contribution in [0.3, 0.4) is 0 Å². The highest BCUT2D eigenvalue weighted by atomic mass is 16.2. The Bertz CT molecular complexity index is 588. The fraction of sp³-hybridized carbons (Fsp3) is 0.765. The first-order valence-electron chi connectivity index (χ1n) is 9.07. The van der Waals surface area contributed by atoms with Crippen molar-refractivity contribution in [1.29, 1.82) is 0 Å². The monoisotopic (exact) mass is 333 g/mol. The Balaban J connectivity index is 1.50. The molecule has 132 valence electrons. The Morgan fingerprint density at radius 3 is 2.58 bits per heavy atom. The van der Waals surface area contributed by atoms with Crippen LogP contribution in [-0.4, -0.2) is 44.6 Å². The Kier molecular flexibility index (Phi) is 5.16. The summed E-state index contributed by atoms with van der Waals surface area (Å²) in [5.74, 6) is 1.40. The largest absolute Gasteiger partial charge is 0.346 e. The Morgan fingerprint density at radius 1 is 1.25 bits per heavy atom. The smallest absolute Gasteiger partial charge is 0.225 e. The fourth-order valence-electron chi connectivity index (χ4n) is 3.36. The van der Waals surface area contributed by atoms with E-state index in [0.29, 0.717) is 13.1 Å². The SMILES string of the molecule is CCCn1cnnc1[C@@H](C)NC(=O)C1CCN(C(=O)C2CC2)CC1. The van der Waals surface area contributed by atoms with Crippen molar-refractivity contribution >= 4 is 11.8 Å². The number of hydrogen-bond acceptors (Lipinski definition) is 4. The summed E-state index contributed by atoms with van der Waals surface area (Å²) in [4.78, 5) is 26.5. The van der Waals surface area contributed by atoms with Crippen molar-refractivity contribution in [3.05, 3.63) is 12.2 Å². The number of aromatic nitrogens is 3. The molecule has 2 fully saturated rings.